The molecule has 0 radical (unpaired) electrons. The molecule has 0 fully saturated rings. The van der Waals surface area contributed by atoms with Gasteiger partial charge in [-0.25, -0.2) is 4.52 Å². The fraction of sp³-hybridized carbons (Fsp3) is 0.261. The van der Waals surface area contributed by atoms with E-state index >= 15 is 0 Å². The number of hydrogen-bond donors (Lipinski definition) is 1. The summed E-state index contributed by atoms with van der Waals surface area (Å²) < 4.78 is 14.9. The van der Waals surface area contributed by atoms with E-state index in [-0.39, 0.29) is 11.5 Å². The first-order valence-electron chi connectivity index (χ1n) is 10.3. The van der Waals surface area contributed by atoms with Crippen LogP contribution in [0.3, 0.4) is 0 Å². The van der Waals surface area contributed by atoms with E-state index < -0.39 is 6.04 Å². The van der Waals surface area contributed by atoms with Gasteiger partial charge in [0.05, 0.1) is 5.52 Å². The first-order valence-corrected chi connectivity index (χ1v) is 10.3. The molecule has 3 heterocycles. The van der Waals surface area contributed by atoms with Gasteiger partial charge in [-0.1, -0.05) is 19.1 Å². The van der Waals surface area contributed by atoms with Crippen LogP contribution in [0.15, 0.2) is 53.3 Å². The van der Waals surface area contributed by atoms with E-state index in [1.165, 1.54) is 6.07 Å². The Hall–Kier alpha value is -3.81. The Morgan fingerprint density at radius 2 is 1.90 bits per heavy atom. The van der Waals surface area contributed by atoms with Gasteiger partial charge in [-0.05, 0) is 37.6 Å². The van der Waals surface area contributed by atoms with Crippen LogP contribution in [0.5, 0.6) is 11.5 Å². The van der Waals surface area contributed by atoms with Gasteiger partial charge in [0.25, 0.3) is 5.56 Å². The normalized spacial score (nSPS) is 14.0. The van der Waals surface area contributed by atoms with Crippen molar-refractivity contribution in [2.75, 3.05) is 18.5 Å². The Bertz CT molecular complexity index is 1370. The molecule has 158 valence electrons. The number of hydrogen-bond acceptors (Lipinski definition) is 5. The number of aromatic nitrogens is 3. The van der Waals surface area contributed by atoms with Crippen molar-refractivity contribution >= 4 is 28.1 Å². The predicted molar refractivity (Wildman–Crippen MR) is 117 cm³/mol. The van der Waals surface area contributed by atoms with Crippen molar-refractivity contribution in [1.82, 2.24) is 14.2 Å². The standard InChI is InChI=1S/C23H22N4O4/c1-3-17(23(29)24-15-8-9-19-20(13-15)31-11-10-30-19)27-18-7-5-4-6-16(18)22-25-21(28)12-14(2)26(22)27/h4-9,12-13,17H,3,10-11H2,1-2H3,(H,24,29)/t17-/m1/s1. The maximum absolute atomic E-state index is 13.4. The molecule has 0 unspecified atom stereocenters. The summed E-state index contributed by atoms with van der Waals surface area (Å²) in [6.07, 6.45) is 0.551. The number of fused-ring (bicyclic) bond motifs is 4. The summed E-state index contributed by atoms with van der Waals surface area (Å²) >= 11 is 0. The second kappa shape index (κ2) is 7.46. The minimum atomic E-state index is -0.515. The van der Waals surface area contributed by atoms with Gasteiger partial charge < -0.3 is 14.8 Å². The highest BCUT2D eigenvalue weighted by Crippen LogP contribution is 2.33. The molecule has 0 saturated heterocycles. The van der Waals surface area contributed by atoms with Crippen LogP contribution < -0.4 is 20.3 Å². The molecule has 8 nitrogen and oxygen atoms in total. The van der Waals surface area contributed by atoms with E-state index in [4.69, 9.17) is 9.47 Å². The van der Waals surface area contributed by atoms with Crippen LogP contribution in [0.25, 0.3) is 16.6 Å². The lowest BCUT2D eigenvalue weighted by Crippen LogP contribution is -2.29. The molecule has 1 aliphatic rings. The number of aryl methyl sites for hydroxylation is 1. The Labute approximate surface area is 178 Å². The second-order valence-corrected chi connectivity index (χ2v) is 7.50. The lowest BCUT2D eigenvalue weighted by atomic mass is 10.2. The molecule has 1 atom stereocenters. The quantitative estimate of drug-likeness (QED) is 0.549. The highest BCUT2D eigenvalue weighted by atomic mass is 16.6. The number of anilines is 1. The van der Waals surface area contributed by atoms with Crippen molar-refractivity contribution in [2.24, 2.45) is 0 Å². The predicted octanol–water partition coefficient (Wildman–Crippen LogP) is 3.32. The molecule has 8 heteroatoms. The summed E-state index contributed by atoms with van der Waals surface area (Å²) in [5.74, 6) is 1.12. The molecule has 0 aliphatic carbocycles. The summed E-state index contributed by atoms with van der Waals surface area (Å²) in [6, 6.07) is 14.0. The first kappa shape index (κ1) is 19.2. The number of para-hydroxylation sites is 1. The third-order valence-electron chi connectivity index (χ3n) is 5.48. The summed E-state index contributed by atoms with van der Waals surface area (Å²) in [5.41, 5.74) is 2.44. The number of amides is 1. The smallest absolute Gasteiger partial charge is 0.273 e. The zero-order valence-corrected chi connectivity index (χ0v) is 17.3. The molecule has 0 bridgehead atoms. The van der Waals surface area contributed by atoms with Gasteiger partial charge in [0, 0.05) is 28.9 Å². The summed E-state index contributed by atoms with van der Waals surface area (Å²) in [7, 11) is 0. The SMILES string of the molecule is CC[C@H](C(=O)Nc1ccc2c(c1)OCCO2)n1c2ccccc2c2nc(=O)cc(C)n21. The van der Waals surface area contributed by atoms with Crippen molar-refractivity contribution in [3.8, 4) is 11.5 Å². The second-order valence-electron chi connectivity index (χ2n) is 7.50. The van der Waals surface area contributed by atoms with Gasteiger partial charge >= 0.3 is 0 Å². The van der Waals surface area contributed by atoms with E-state index in [2.05, 4.69) is 10.3 Å². The Balaban J connectivity index is 1.59. The lowest BCUT2D eigenvalue weighted by molar-refractivity contribution is -0.119. The molecule has 31 heavy (non-hydrogen) atoms. The maximum atomic E-state index is 13.4. The molecule has 1 N–H and O–H groups in total. The van der Waals surface area contributed by atoms with Crippen LogP contribution in [0.4, 0.5) is 5.69 Å². The number of nitrogens with zero attached hydrogens (tertiary/aromatic N) is 3. The number of carbonyl (C=O) groups excluding carboxylic acids is 1. The monoisotopic (exact) mass is 418 g/mol. The zero-order valence-electron chi connectivity index (χ0n) is 17.3. The van der Waals surface area contributed by atoms with E-state index in [1.807, 2.05) is 47.3 Å². The van der Waals surface area contributed by atoms with Crippen molar-refractivity contribution in [2.45, 2.75) is 26.3 Å². The van der Waals surface area contributed by atoms with Crippen LogP contribution in [-0.4, -0.2) is 33.3 Å². The fourth-order valence-corrected chi connectivity index (χ4v) is 4.13. The topological polar surface area (TPSA) is 86.9 Å². The molecule has 1 amide bonds. The fourth-order valence-electron chi connectivity index (χ4n) is 4.13. The average Bonchev–Trinajstić information content (AvgIpc) is 3.09. The highest BCUT2D eigenvalue weighted by Gasteiger charge is 2.25. The van der Waals surface area contributed by atoms with Crippen LogP contribution in [0.2, 0.25) is 0 Å². The van der Waals surface area contributed by atoms with Crippen LogP contribution in [0, 0.1) is 6.92 Å². The summed E-state index contributed by atoms with van der Waals surface area (Å²) in [6.45, 7) is 4.80. The number of ether oxygens (including phenoxy) is 2. The molecule has 1 aliphatic heterocycles. The van der Waals surface area contributed by atoms with Crippen molar-refractivity contribution in [3.63, 3.8) is 0 Å². The molecule has 5 rings (SSSR count). The molecule has 0 saturated carbocycles. The Morgan fingerprint density at radius 3 is 2.71 bits per heavy atom. The largest absolute Gasteiger partial charge is 0.486 e. The molecule has 0 spiro atoms. The average molecular weight is 418 g/mol. The first-order chi connectivity index (χ1) is 15.1. The van der Waals surface area contributed by atoms with Gasteiger partial charge in [-0.15, -0.1) is 0 Å². The van der Waals surface area contributed by atoms with E-state index in [0.717, 1.165) is 16.6 Å². The number of benzene rings is 2. The zero-order chi connectivity index (χ0) is 21.5. The Kier molecular flexibility index (Phi) is 4.62. The van der Waals surface area contributed by atoms with E-state index in [0.29, 0.717) is 42.5 Å². The van der Waals surface area contributed by atoms with Gasteiger partial charge in [0.2, 0.25) is 5.91 Å². The van der Waals surface area contributed by atoms with Crippen molar-refractivity contribution < 1.29 is 14.3 Å². The molecular weight excluding hydrogens is 396 g/mol. The van der Waals surface area contributed by atoms with Crippen LogP contribution in [-0.2, 0) is 4.79 Å². The van der Waals surface area contributed by atoms with Gasteiger partial charge in [0.15, 0.2) is 17.1 Å². The number of nitrogens with one attached hydrogen (secondary N) is 1. The van der Waals surface area contributed by atoms with Gasteiger partial charge in [0.1, 0.15) is 19.3 Å². The van der Waals surface area contributed by atoms with E-state index in [1.54, 1.807) is 18.2 Å². The number of rotatable bonds is 4. The lowest BCUT2D eigenvalue weighted by Gasteiger charge is -2.22. The molecule has 4 aromatic rings. The van der Waals surface area contributed by atoms with Crippen LogP contribution >= 0.6 is 0 Å². The maximum Gasteiger partial charge on any atom is 0.273 e. The third-order valence-corrected chi connectivity index (χ3v) is 5.48. The third kappa shape index (κ3) is 3.20. The van der Waals surface area contributed by atoms with Gasteiger partial charge in [-0.2, -0.15) is 4.98 Å². The minimum Gasteiger partial charge on any atom is -0.486 e. The summed E-state index contributed by atoms with van der Waals surface area (Å²) in [4.78, 5) is 29.6. The van der Waals surface area contributed by atoms with Crippen molar-refractivity contribution in [3.05, 3.63) is 64.6 Å². The minimum absolute atomic E-state index is 0.167. The molecular formula is C23H22N4O4. The van der Waals surface area contributed by atoms with Crippen molar-refractivity contribution in [1.29, 1.82) is 0 Å². The molecule has 2 aromatic heterocycles. The number of carbonyl (C=O) groups is 1. The molecule has 2 aromatic carbocycles. The van der Waals surface area contributed by atoms with Gasteiger partial charge in [-0.3, -0.25) is 14.3 Å². The summed E-state index contributed by atoms with van der Waals surface area (Å²) in [5, 5.41) is 3.83. The Morgan fingerprint density at radius 1 is 1.13 bits per heavy atom. The van der Waals surface area contributed by atoms with Crippen LogP contribution in [0.1, 0.15) is 25.1 Å². The van der Waals surface area contributed by atoms with E-state index in [9.17, 15) is 9.59 Å². The highest BCUT2D eigenvalue weighted by molar-refractivity contribution is 5.97.